The number of halogens is 5. The first-order valence-corrected chi connectivity index (χ1v) is 6.72. The van der Waals surface area contributed by atoms with Gasteiger partial charge in [-0.1, -0.05) is 11.6 Å². The third-order valence-corrected chi connectivity index (χ3v) is 3.08. The highest BCUT2D eigenvalue weighted by atomic mass is 35.5. The van der Waals surface area contributed by atoms with Crippen molar-refractivity contribution in [3.05, 3.63) is 64.2 Å². The van der Waals surface area contributed by atoms with Crippen LogP contribution in [-0.2, 0) is 9.53 Å². The van der Waals surface area contributed by atoms with Crippen LogP contribution in [0.4, 0.5) is 23.2 Å². The van der Waals surface area contributed by atoms with Gasteiger partial charge in [0.25, 0.3) is 5.91 Å². The van der Waals surface area contributed by atoms with Gasteiger partial charge in [0, 0.05) is 11.8 Å². The van der Waals surface area contributed by atoms with E-state index < -0.39 is 47.3 Å². The molecular weight excluding hydrogens is 354 g/mol. The molecule has 0 heterocycles. The van der Waals surface area contributed by atoms with Crippen molar-refractivity contribution >= 4 is 29.2 Å². The van der Waals surface area contributed by atoms with Gasteiger partial charge in [0.1, 0.15) is 0 Å². The summed E-state index contributed by atoms with van der Waals surface area (Å²) in [6.45, 7) is -0.798. The first-order valence-electron chi connectivity index (χ1n) is 6.34. The molecule has 1 N–H and O–H groups in total. The van der Waals surface area contributed by atoms with E-state index >= 15 is 0 Å². The third-order valence-electron chi connectivity index (χ3n) is 2.77. The SMILES string of the molecule is O=C(COC(=O)c1cc(F)c(F)cc1Cl)Nc1ccc(F)c(F)c1. The maximum atomic E-state index is 13.1. The van der Waals surface area contributed by atoms with Crippen LogP contribution in [-0.4, -0.2) is 18.5 Å². The van der Waals surface area contributed by atoms with Gasteiger partial charge in [0.2, 0.25) is 0 Å². The lowest BCUT2D eigenvalue weighted by molar-refractivity contribution is -0.119. The zero-order chi connectivity index (χ0) is 17.9. The minimum Gasteiger partial charge on any atom is -0.452 e. The van der Waals surface area contributed by atoms with E-state index in [0.29, 0.717) is 12.1 Å². The van der Waals surface area contributed by atoms with Crippen molar-refractivity contribution in [1.29, 1.82) is 0 Å². The Hall–Kier alpha value is -2.61. The lowest BCUT2D eigenvalue weighted by Gasteiger charge is -2.08. The van der Waals surface area contributed by atoms with Gasteiger partial charge in [-0.15, -0.1) is 0 Å². The molecule has 126 valence electrons. The van der Waals surface area contributed by atoms with Crippen molar-refractivity contribution in [1.82, 2.24) is 0 Å². The quantitative estimate of drug-likeness (QED) is 0.513. The van der Waals surface area contributed by atoms with Crippen molar-refractivity contribution in [2.75, 3.05) is 11.9 Å². The molecule has 0 saturated carbocycles. The number of rotatable bonds is 4. The number of hydrogen-bond acceptors (Lipinski definition) is 3. The Balaban J connectivity index is 1.97. The molecule has 0 fully saturated rings. The molecule has 0 radical (unpaired) electrons. The minimum atomic E-state index is -1.31. The van der Waals surface area contributed by atoms with Gasteiger partial charge in [0.05, 0.1) is 10.6 Å². The van der Waals surface area contributed by atoms with Crippen LogP contribution in [0.5, 0.6) is 0 Å². The molecule has 2 rings (SSSR count). The monoisotopic (exact) mass is 361 g/mol. The molecule has 24 heavy (non-hydrogen) atoms. The van der Waals surface area contributed by atoms with Crippen molar-refractivity contribution in [3.8, 4) is 0 Å². The summed E-state index contributed by atoms with van der Waals surface area (Å²) in [5.41, 5.74) is -0.517. The molecule has 0 aliphatic carbocycles. The fourth-order valence-corrected chi connectivity index (χ4v) is 1.89. The maximum absolute atomic E-state index is 13.1. The highest BCUT2D eigenvalue weighted by molar-refractivity contribution is 6.33. The van der Waals surface area contributed by atoms with Crippen LogP contribution in [0.15, 0.2) is 30.3 Å². The molecule has 0 aromatic heterocycles. The second-order valence-corrected chi connectivity index (χ2v) is 4.91. The average molecular weight is 362 g/mol. The predicted molar refractivity (Wildman–Crippen MR) is 76.6 cm³/mol. The fraction of sp³-hybridized carbons (Fsp3) is 0.0667. The van der Waals surface area contributed by atoms with E-state index in [-0.39, 0.29) is 10.7 Å². The van der Waals surface area contributed by atoms with Gasteiger partial charge in [-0.3, -0.25) is 4.79 Å². The van der Waals surface area contributed by atoms with Gasteiger partial charge in [-0.05, 0) is 24.3 Å². The van der Waals surface area contributed by atoms with E-state index in [4.69, 9.17) is 11.6 Å². The number of nitrogens with one attached hydrogen (secondary N) is 1. The maximum Gasteiger partial charge on any atom is 0.340 e. The van der Waals surface area contributed by atoms with E-state index in [9.17, 15) is 27.2 Å². The van der Waals surface area contributed by atoms with Crippen LogP contribution in [0.1, 0.15) is 10.4 Å². The molecule has 0 spiro atoms. The van der Waals surface area contributed by atoms with Gasteiger partial charge in [-0.25, -0.2) is 22.4 Å². The van der Waals surface area contributed by atoms with Crippen LogP contribution in [0.2, 0.25) is 5.02 Å². The molecular formula is C15H8ClF4NO3. The third kappa shape index (κ3) is 4.23. The minimum absolute atomic E-state index is 0.0548. The Bertz CT molecular complexity index is 814. The van der Waals surface area contributed by atoms with Gasteiger partial charge >= 0.3 is 5.97 Å². The van der Waals surface area contributed by atoms with Crippen LogP contribution in [0, 0.1) is 23.3 Å². The molecule has 0 unspecified atom stereocenters. The Morgan fingerprint density at radius 3 is 2.25 bits per heavy atom. The molecule has 0 aliphatic rings. The highest BCUT2D eigenvalue weighted by Crippen LogP contribution is 2.21. The number of esters is 1. The molecule has 4 nitrogen and oxygen atoms in total. The van der Waals surface area contributed by atoms with Gasteiger partial charge in [-0.2, -0.15) is 0 Å². The lowest BCUT2D eigenvalue weighted by Crippen LogP contribution is -2.21. The summed E-state index contributed by atoms with van der Waals surface area (Å²) in [6.07, 6.45) is 0. The number of carbonyl (C=O) groups is 2. The number of carbonyl (C=O) groups excluding carboxylic acids is 2. The zero-order valence-corrected chi connectivity index (χ0v) is 12.5. The zero-order valence-electron chi connectivity index (χ0n) is 11.7. The number of hydrogen-bond donors (Lipinski definition) is 1. The standard InChI is InChI=1S/C15H8ClF4NO3/c16-9-5-13(20)12(19)4-8(9)15(23)24-6-14(22)21-7-1-2-10(17)11(18)3-7/h1-5H,6H2,(H,21,22). The second kappa shape index (κ2) is 7.31. The summed E-state index contributed by atoms with van der Waals surface area (Å²) in [5.74, 6) is -6.82. The topological polar surface area (TPSA) is 55.4 Å². The van der Waals surface area contributed by atoms with Crippen molar-refractivity contribution < 1.29 is 31.9 Å². The van der Waals surface area contributed by atoms with Crippen LogP contribution >= 0.6 is 11.6 Å². The normalized spacial score (nSPS) is 10.4. The van der Waals surface area contributed by atoms with Crippen LogP contribution in [0.3, 0.4) is 0 Å². The summed E-state index contributed by atoms with van der Waals surface area (Å²) in [6, 6.07) is 3.77. The highest BCUT2D eigenvalue weighted by Gasteiger charge is 2.17. The van der Waals surface area contributed by atoms with E-state index in [1.807, 2.05) is 0 Å². The van der Waals surface area contributed by atoms with E-state index in [1.165, 1.54) is 0 Å². The largest absolute Gasteiger partial charge is 0.452 e. The van der Waals surface area contributed by atoms with E-state index in [2.05, 4.69) is 10.1 Å². The number of ether oxygens (including phenoxy) is 1. The molecule has 0 saturated heterocycles. The average Bonchev–Trinajstić information content (AvgIpc) is 2.52. The molecule has 9 heteroatoms. The molecule has 1 amide bonds. The fourth-order valence-electron chi connectivity index (χ4n) is 1.66. The molecule has 2 aromatic rings. The molecule has 2 aromatic carbocycles. The summed E-state index contributed by atoms with van der Waals surface area (Å²) in [5, 5.41) is 1.77. The van der Waals surface area contributed by atoms with E-state index in [1.54, 1.807) is 0 Å². The Labute approximate surface area is 138 Å². The first-order chi connectivity index (χ1) is 11.3. The Morgan fingerprint density at radius 2 is 1.58 bits per heavy atom. The molecule has 0 aliphatic heterocycles. The Kier molecular flexibility index (Phi) is 5.40. The summed E-state index contributed by atoms with van der Waals surface area (Å²) >= 11 is 5.59. The summed E-state index contributed by atoms with van der Waals surface area (Å²) in [4.78, 5) is 23.3. The lowest BCUT2D eigenvalue weighted by atomic mass is 10.2. The smallest absolute Gasteiger partial charge is 0.340 e. The molecule has 0 atom stereocenters. The van der Waals surface area contributed by atoms with Crippen LogP contribution < -0.4 is 5.32 Å². The second-order valence-electron chi connectivity index (χ2n) is 4.50. The Morgan fingerprint density at radius 1 is 0.958 bits per heavy atom. The summed E-state index contributed by atoms with van der Waals surface area (Å²) in [7, 11) is 0. The number of anilines is 1. The van der Waals surface area contributed by atoms with Crippen molar-refractivity contribution in [3.63, 3.8) is 0 Å². The number of amides is 1. The molecule has 0 bridgehead atoms. The van der Waals surface area contributed by atoms with Gasteiger partial charge in [0.15, 0.2) is 29.9 Å². The summed E-state index contributed by atoms with van der Waals surface area (Å²) < 4.78 is 56.3. The van der Waals surface area contributed by atoms with Crippen molar-refractivity contribution in [2.24, 2.45) is 0 Å². The van der Waals surface area contributed by atoms with E-state index in [0.717, 1.165) is 18.2 Å². The first kappa shape index (κ1) is 17.7. The van der Waals surface area contributed by atoms with Crippen LogP contribution in [0.25, 0.3) is 0 Å². The van der Waals surface area contributed by atoms with Crippen molar-refractivity contribution in [2.45, 2.75) is 0 Å². The van der Waals surface area contributed by atoms with Gasteiger partial charge < -0.3 is 10.1 Å². The number of benzene rings is 2. The predicted octanol–water partition coefficient (Wildman–Crippen LogP) is 3.69.